The molecule has 29 heavy (non-hydrogen) atoms. The number of carbonyl (C=O) groups is 1. The number of hydrogen-bond donors (Lipinski definition) is 0. The van der Waals surface area contributed by atoms with Gasteiger partial charge in [-0.15, -0.1) is 0 Å². The van der Waals surface area contributed by atoms with Gasteiger partial charge in [0, 0.05) is 38.1 Å². The number of sulfone groups is 1. The summed E-state index contributed by atoms with van der Waals surface area (Å²) in [6, 6.07) is 3.77. The molecule has 1 aliphatic rings. The molecule has 0 saturated carbocycles. The molecule has 0 N–H and O–H groups in total. The molecule has 0 aliphatic carbocycles. The predicted molar refractivity (Wildman–Crippen MR) is 104 cm³/mol. The highest BCUT2D eigenvalue weighted by molar-refractivity contribution is 7.90. The van der Waals surface area contributed by atoms with E-state index in [1.807, 2.05) is 19.1 Å². The molecule has 0 radical (unpaired) electrons. The molecule has 1 aliphatic heterocycles. The van der Waals surface area contributed by atoms with E-state index < -0.39 is 9.84 Å². The number of aryl methyl sites for hydroxylation is 2. The fourth-order valence-electron chi connectivity index (χ4n) is 3.87. The van der Waals surface area contributed by atoms with Crippen molar-refractivity contribution in [1.82, 2.24) is 24.5 Å². The lowest BCUT2D eigenvalue weighted by Crippen LogP contribution is -2.40. The van der Waals surface area contributed by atoms with E-state index in [1.165, 1.54) is 17.0 Å². The number of rotatable bonds is 5. The monoisotopic (exact) mass is 417 g/mol. The molecule has 0 aromatic carbocycles. The number of carbonyl (C=O) groups excluding carboxylic acids is 1. The van der Waals surface area contributed by atoms with Crippen LogP contribution in [0.3, 0.4) is 0 Å². The van der Waals surface area contributed by atoms with Gasteiger partial charge < -0.3 is 9.32 Å². The molecule has 9 nitrogen and oxygen atoms in total. The summed E-state index contributed by atoms with van der Waals surface area (Å²) in [6.07, 6.45) is 6.32. The first-order valence-corrected chi connectivity index (χ1v) is 11.4. The zero-order valence-electron chi connectivity index (χ0n) is 16.4. The van der Waals surface area contributed by atoms with Gasteiger partial charge in [0.1, 0.15) is 22.7 Å². The van der Waals surface area contributed by atoms with Crippen LogP contribution in [-0.2, 0) is 21.1 Å². The highest BCUT2D eigenvalue weighted by Crippen LogP contribution is 2.31. The molecule has 4 rings (SSSR count). The Bertz CT molecular complexity index is 1150. The number of nitrogens with zero attached hydrogens (tertiary/aromatic N) is 5. The van der Waals surface area contributed by atoms with Crippen molar-refractivity contribution in [1.29, 1.82) is 0 Å². The van der Waals surface area contributed by atoms with Gasteiger partial charge in [0.05, 0.1) is 11.9 Å². The lowest BCUT2D eigenvalue weighted by molar-refractivity contribution is -0.132. The largest absolute Gasteiger partial charge is 0.466 e. The van der Waals surface area contributed by atoms with Crippen LogP contribution in [0.2, 0.25) is 0 Å². The van der Waals surface area contributed by atoms with Crippen molar-refractivity contribution in [2.45, 2.75) is 43.4 Å². The van der Waals surface area contributed by atoms with E-state index in [4.69, 9.17) is 4.42 Å². The summed E-state index contributed by atoms with van der Waals surface area (Å²) in [4.78, 5) is 22.9. The third-order valence-corrected chi connectivity index (χ3v) is 6.36. The van der Waals surface area contributed by atoms with E-state index >= 15 is 0 Å². The fraction of sp³-hybridized carbons (Fsp3) is 0.474. The lowest BCUT2D eigenvalue weighted by atomic mass is 9.94. The molecule has 0 spiro atoms. The van der Waals surface area contributed by atoms with E-state index in [0.717, 1.165) is 30.6 Å². The van der Waals surface area contributed by atoms with E-state index in [1.54, 1.807) is 4.90 Å². The number of piperidine rings is 1. The lowest BCUT2D eigenvalue weighted by Gasteiger charge is -2.33. The van der Waals surface area contributed by atoms with Crippen molar-refractivity contribution in [2.24, 2.45) is 0 Å². The number of likely N-dealkylation sites (tertiary alicyclic amines) is 1. The molecule has 0 unspecified atom stereocenters. The third-order valence-electron chi connectivity index (χ3n) is 5.25. The Labute approximate surface area is 168 Å². The zero-order chi connectivity index (χ0) is 20.6. The minimum atomic E-state index is -3.50. The molecule has 1 atom stereocenters. The van der Waals surface area contributed by atoms with Gasteiger partial charge in [0.2, 0.25) is 5.91 Å². The van der Waals surface area contributed by atoms with Crippen LogP contribution in [0.15, 0.2) is 34.0 Å². The van der Waals surface area contributed by atoms with E-state index in [0.29, 0.717) is 37.4 Å². The summed E-state index contributed by atoms with van der Waals surface area (Å²) in [5, 5.41) is 4.18. The highest BCUT2D eigenvalue weighted by atomic mass is 32.2. The van der Waals surface area contributed by atoms with Crippen molar-refractivity contribution < 1.29 is 17.6 Å². The number of hydrogen-bond acceptors (Lipinski definition) is 7. The summed E-state index contributed by atoms with van der Waals surface area (Å²) in [5.74, 6) is 1.85. The molecule has 4 heterocycles. The molecular formula is C19H23N5O4S. The predicted octanol–water partition coefficient (Wildman–Crippen LogP) is 1.77. The van der Waals surface area contributed by atoms with Gasteiger partial charge in [-0.2, -0.15) is 14.6 Å². The molecule has 10 heteroatoms. The second-order valence-corrected chi connectivity index (χ2v) is 9.43. The van der Waals surface area contributed by atoms with Crippen LogP contribution in [0.5, 0.6) is 0 Å². The van der Waals surface area contributed by atoms with Crippen molar-refractivity contribution in [3.8, 4) is 0 Å². The highest BCUT2D eigenvalue weighted by Gasteiger charge is 2.31. The molecule has 1 saturated heterocycles. The Morgan fingerprint density at radius 3 is 2.86 bits per heavy atom. The van der Waals surface area contributed by atoms with Crippen LogP contribution < -0.4 is 0 Å². The van der Waals surface area contributed by atoms with Crippen molar-refractivity contribution in [3.63, 3.8) is 0 Å². The summed E-state index contributed by atoms with van der Waals surface area (Å²) in [6.45, 7) is 2.98. The molecule has 154 valence electrons. The van der Waals surface area contributed by atoms with Crippen molar-refractivity contribution in [3.05, 3.63) is 41.9 Å². The average Bonchev–Trinajstić information content (AvgIpc) is 3.33. The summed E-state index contributed by atoms with van der Waals surface area (Å²) >= 11 is 0. The SMILES string of the molecule is Cc1ccc(CCC(=O)N2CCC[C@@H](c3c(S(C)(=O)=O)cnc4ncnn34)C2)o1. The first-order chi connectivity index (χ1) is 13.8. The van der Waals surface area contributed by atoms with Gasteiger partial charge in [-0.1, -0.05) is 0 Å². The average molecular weight is 417 g/mol. The fourth-order valence-corrected chi connectivity index (χ4v) is 4.75. The third kappa shape index (κ3) is 4.02. The van der Waals surface area contributed by atoms with E-state index in [-0.39, 0.29) is 16.7 Å². The molecule has 0 bridgehead atoms. The van der Waals surface area contributed by atoms with Crippen LogP contribution in [0.4, 0.5) is 0 Å². The van der Waals surface area contributed by atoms with Gasteiger partial charge in [0.25, 0.3) is 5.78 Å². The Balaban J connectivity index is 1.57. The Hall–Kier alpha value is -2.75. The number of furan rings is 1. The summed E-state index contributed by atoms with van der Waals surface area (Å²) < 4.78 is 31.7. The van der Waals surface area contributed by atoms with Gasteiger partial charge >= 0.3 is 0 Å². The Kier molecular flexibility index (Phi) is 5.12. The Morgan fingerprint density at radius 1 is 1.31 bits per heavy atom. The topological polar surface area (TPSA) is 111 Å². The zero-order valence-corrected chi connectivity index (χ0v) is 17.2. The molecule has 1 fully saturated rings. The van der Waals surface area contributed by atoms with E-state index in [9.17, 15) is 13.2 Å². The maximum absolute atomic E-state index is 12.8. The summed E-state index contributed by atoms with van der Waals surface area (Å²) in [5.41, 5.74) is 0.550. The summed E-state index contributed by atoms with van der Waals surface area (Å²) in [7, 11) is -3.50. The van der Waals surface area contributed by atoms with Crippen LogP contribution in [0, 0.1) is 6.92 Å². The van der Waals surface area contributed by atoms with Crippen LogP contribution in [0.25, 0.3) is 5.78 Å². The van der Waals surface area contributed by atoms with Crippen LogP contribution >= 0.6 is 0 Å². The number of aromatic nitrogens is 4. The minimum Gasteiger partial charge on any atom is -0.466 e. The first-order valence-electron chi connectivity index (χ1n) is 9.54. The number of amides is 1. The molecule has 3 aromatic rings. The molecule has 3 aromatic heterocycles. The molecule has 1 amide bonds. The van der Waals surface area contributed by atoms with Gasteiger partial charge in [-0.3, -0.25) is 4.79 Å². The van der Waals surface area contributed by atoms with Gasteiger partial charge in [-0.05, 0) is 31.9 Å². The first kappa shape index (κ1) is 19.6. The van der Waals surface area contributed by atoms with Gasteiger partial charge in [0.15, 0.2) is 9.84 Å². The normalized spacial score (nSPS) is 17.7. The standard InChI is InChI=1S/C19H23N5O4S/c1-13-5-6-15(28-13)7-8-17(25)23-9-3-4-14(11-23)18-16(29(2,26)27)10-20-19-21-12-22-24(18)19/h5-6,10,12,14H,3-4,7-9,11H2,1-2H3/t14-/m1/s1. The minimum absolute atomic E-state index is 0.0357. The number of fused-ring (bicyclic) bond motifs is 1. The smallest absolute Gasteiger partial charge is 0.252 e. The second kappa shape index (κ2) is 7.58. The van der Waals surface area contributed by atoms with Crippen molar-refractivity contribution >= 4 is 21.5 Å². The van der Waals surface area contributed by atoms with E-state index in [2.05, 4.69) is 15.1 Å². The maximum atomic E-state index is 12.8. The van der Waals surface area contributed by atoms with Crippen LogP contribution in [-0.4, -0.2) is 58.2 Å². The maximum Gasteiger partial charge on any atom is 0.252 e. The van der Waals surface area contributed by atoms with Crippen molar-refractivity contribution in [2.75, 3.05) is 19.3 Å². The second-order valence-electron chi connectivity index (χ2n) is 7.44. The molecular weight excluding hydrogens is 394 g/mol. The Morgan fingerprint density at radius 2 is 2.14 bits per heavy atom. The quantitative estimate of drug-likeness (QED) is 0.622. The van der Waals surface area contributed by atoms with Crippen LogP contribution in [0.1, 0.15) is 42.4 Å². The van der Waals surface area contributed by atoms with Gasteiger partial charge in [-0.25, -0.2) is 13.4 Å².